The van der Waals surface area contributed by atoms with Gasteiger partial charge in [-0.05, 0) is 37.6 Å². The van der Waals surface area contributed by atoms with Crippen molar-refractivity contribution in [1.29, 1.82) is 0 Å². The van der Waals surface area contributed by atoms with Crippen LogP contribution in [0.4, 0.5) is 0 Å². The van der Waals surface area contributed by atoms with Crippen molar-refractivity contribution in [2.45, 2.75) is 39.5 Å². The molecule has 1 aliphatic heterocycles. The van der Waals surface area contributed by atoms with Gasteiger partial charge in [0.1, 0.15) is 0 Å². The molecule has 1 fully saturated rings. The molecule has 0 saturated carbocycles. The van der Waals surface area contributed by atoms with Crippen LogP contribution in [0.25, 0.3) is 0 Å². The molecule has 1 aliphatic rings. The first kappa shape index (κ1) is 15.4. The number of amides is 1. The quantitative estimate of drug-likeness (QED) is 0.692. The van der Waals surface area contributed by atoms with E-state index in [4.69, 9.17) is 10.5 Å². The van der Waals surface area contributed by atoms with Gasteiger partial charge >= 0.3 is 0 Å². The smallest absolute Gasteiger partial charge is 0.220 e. The molecule has 1 amide bonds. The summed E-state index contributed by atoms with van der Waals surface area (Å²) in [5.41, 5.74) is 5.60. The van der Waals surface area contributed by atoms with Crippen LogP contribution in [0, 0.1) is 17.8 Å². The summed E-state index contributed by atoms with van der Waals surface area (Å²) in [6.45, 7) is 7.52. The number of rotatable bonds is 8. The fourth-order valence-corrected chi connectivity index (χ4v) is 2.43. The van der Waals surface area contributed by atoms with Gasteiger partial charge in [0.15, 0.2) is 0 Å². The number of carbonyl (C=O) groups excluding carboxylic acids is 1. The van der Waals surface area contributed by atoms with Crippen LogP contribution in [-0.4, -0.2) is 32.2 Å². The molecule has 0 aromatic rings. The highest BCUT2D eigenvalue weighted by Gasteiger charge is 2.17. The van der Waals surface area contributed by atoms with E-state index in [1.54, 1.807) is 0 Å². The van der Waals surface area contributed by atoms with E-state index in [2.05, 4.69) is 19.2 Å². The van der Waals surface area contributed by atoms with Crippen molar-refractivity contribution in [1.82, 2.24) is 5.32 Å². The molecule has 0 aromatic heterocycles. The predicted octanol–water partition coefficient (Wildman–Crippen LogP) is 1.54. The van der Waals surface area contributed by atoms with Crippen LogP contribution in [0.3, 0.4) is 0 Å². The lowest BCUT2D eigenvalue weighted by atomic mass is 9.88. The number of carbonyl (C=O) groups is 1. The minimum atomic E-state index is 0.171. The highest BCUT2D eigenvalue weighted by atomic mass is 16.5. The monoisotopic (exact) mass is 256 g/mol. The van der Waals surface area contributed by atoms with Gasteiger partial charge in [0.25, 0.3) is 0 Å². The van der Waals surface area contributed by atoms with Gasteiger partial charge in [-0.15, -0.1) is 0 Å². The summed E-state index contributed by atoms with van der Waals surface area (Å²) in [4.78, 5) is 11.7. The highest BCUT2D eigenvalue weighted by Crippen LogP contribution is 2.20. The van der Waals surface area contributed by atoms with Crippen molar-refractivity contribution < 1.29 is 9.53 Å². The summed E-state index contributed by atoms with van der Waals surface area (Å²) < 4.78 is 5.29. The van der Waals surface area contributed by atoms with Gasteiger partial charge in [-0.1, -0.05) is 13.8 Å². The van der Waals surface area contributed by atoms with E-state index in [0.717, 1.165) is 39.0 Å². The predicted molar refractivity (Wildman–Crippen MR) is 73.2 cm³/mol. The largest absolute Gasteiger partial charge is 0.381 e. The molecule has 106 valence electrons. The normalized spacial score (nSPS) is 21.2. The molecule has 3 N–H and O–H groups in total. The van der Waals surface area contributed by atoms with Crippen molar-refractivity contribution in [2.75, 3.05) is 26.3 Å². The number of hydrogen-bond acceptors (Lipinski definition) is 3. The maximum Gasteiger partial charge on any atom is 0.220 e. The minimum Gasteiger partial charge on any atom is -0.381 e. The summed E-state index contributed by atoms with van der Waals surface area (Å²) in [7, 11) is 0. The Kier molecular flexibility index (Phi) is 7.28. The molecule has 0 aromatic carbocycles. The Labute approximate surface area is 111 Å². The summed E-state index contributed by atoms with van der Waals surface area (Å²) in [5, 5.41) is 3.01. The molecule has 2 unspecified atom stereocenters. The molecule has 4 nitrogen and oxygen atoms in total. The summed E-state index contributed by atoms with van der Waals surface area (Å²) >= 11 is 0. The van der Waals surface area contributed by atoms with Crippen LogP contribution in [0.1, 0.15) is 39.5 Å². The van der Waals surface area contributed by atoms with Gasteiger partial charge in [0, 0.05) is 25.5 Å². The Bertz CT molecular complexity index is 238. The van der Waals surface area contributed by atoms with Crippen molar-refractivity contribution in [2.24, 2.45) is 23.5 Å². The number of nitrogens with two attached hydrogens (primary N) is 1. The van der Waals surface area contributed by atoms with E-state index in [1.165, 1.54) is 0 Å². The van der Waals surface area contributed by atoms with Gasteiger partial charge in [-0.3, -0.25) is 4.79 Å². The van der Waals surface area contributed by atoms with Crippen LogP contribution < -0.4 is 11.1 Å². The molecule has 0 radical (unpaired) electrons. The SMILES string of the molecule is CC(C)C(CCN)CCC(=O)NCC1CCOC1. The molecule has 0 bridgehead atoms. The van der Waals surface area contributed by atoms with E-state index in [0.29, 0.717) is 30.7 Å². The molecule has 1 saturated heterocycles. The zero-order chi connectivity index (χ0) is 13.4. The van der Waals surface area contributed by atoms with Gasteiger partial charge < -0.3 is 15.8 Å². The van der Waals surface area contributed by atoms with Crippen LogP contribution in [0.15, 0.2) is 0 Å². The van der Waals surface area contributed by atoms with E-state index in [1.807, 2.05) is 0 Å². The van der Waals surface area contributed by atoms with Crippen molar-refractivity contribution >= 4 is 5.91 Å². The minimum absolute atomic E-state index is 0.171. The average molecular weight is 256 g/mol. The number of hydrogen-bond donors (Lipinski definition) is 2. The topological polar surface area (TPSA) is 64.4 Å². The lowest BCUT2D eigenvalue weighted by Gasteiger charge is -2.19. The third-order valence-corrected chi connectivity index (χ3v) is 3.83. The summed E-state index contributed by atoms with van der Waals surface area (Å²) in [6, 6.07) is 0. The average Bonchev–Trinajstić information content (AvgIpc) is 2.84. The Hall–Kier alpha value is -0.610. The lowest BCUT2D eigenvalue weighted by Crippen LogP contribution is -2.30. The van der Waals surface area contributed by atoms with Crippen LogP contribution >= 0.6 is 0 Å². The van der Waals surface area contributed by atoms with Gasteiger partial charge in [-0.25, -0.2) is 0 Å². The van der Waals surface area contributed by atoms with Crippen molar-refractivity contribution in [3.05, 3.63) is 0 Å². The molecule has 4 heteroatoms. The van der Waals surface area contributed by atoms with Crippen molar-refractivity contribution in [3.8, 4) is 0 Å². The van der Waals surface area contributed by atoms with Crippen LogP contribution in [-0.2, 0) is 9.53 Å². The van der Waals surface area contributed by atoms with Crippen LogP contribution in [0.5, 0.6) is 0 Å². The van der Waals surface area contributed by atoms with Gasteiger partial charge in [0.05, 0.1) is 6.61 Å². The van der Waals surface area contributed by atoms with Crippen molar-refractivity contribution in [3.63, 3.8) is 0 Å². The van der Waals surface area contributed by atoms with E-state index in [9.17, 15) is 4.79 Å². The first-order chi connectivity index (χ1) is 8.63. The number of ether oxygens (including phenoxy) is 1. The summed E-state index contributed by atoms with van der Waals surface area (Å²) in [6.07, 6.45) is 3.65. The fourth-order valence-electron chi connectivity index (χ4n) is 2.43. The van der Waals surface area contributed by atoms with E-state index < -0.39 is 0 Å². The third kappa shape index (κ3) is 5.83. The molecular formula is C14H28N2O2. The Morgan fingerprint density at radius 1 is 1.44 bits per heavy atom. The second kappa shape index (κ2) is 8.48. The molecule has 1 heterocycles. The molecule has 2 atom stereocenters. The second-order valence-electron chi connectivity index (χ2n) is 5.65. The molecular weight excluding hydrogens is 228 g/mol. The first-order valence-electron chi connectivity index (χ1n) is 7.18. The highest BCUT2D eigenvalue weighted by molar-refractivity contribution is 5.75. The zero-order valence-electron chi connectivity index (χ0n) is 11.8. The zero-order valence-corrected chi connectivity index (χ0v) is 11.8. The van der Waals surface area contributed by atoms with E-state index >= 15 is 0 Å². The second-order valence-corrected chi connectivity index (χ2v) is 5.65. The molecule has 0 aliphatic carbocycles. The standard InChI is InChI=1S/C14H28N2O2/c1-11(2)13(5-7-15)3-4-14(17)16-9-12-6-8-18-10-12/h11-13H,3-10,15H2,1-2H3,(H,16,17). The third-order valence-electron chi connectivity index (χ3n) is 3.83. The molecule has 0 spiro atoms. The fraction of sp³-hybridized carbons (Fsp3) is 0.929. The maximum absolute atomic E-state index is 11.7. The van der Waals surface area contributed by atoms with E-state index in [-0.39, 0.29) is 5.91 Å². The van der Waals surface area contributed by atoms with Crippen LogP contribution in [0.2, 0.25) is 0 Å². The lowest BCUT2D eigenvalue weighted by molar-refractivity contribution is -0.121. The molecule has 18 heavy (non-hydrogen) atoms. The number of nitrogens with one attached hydrogen (secondary N) is 1. The summed E-state index contributed by atoms with van der Waals surface area (Å²) in [5.74, 6) is 1.85. The van der Waals surface area contributed by atoms with Gasteiger partial charge in [-0.2, -0.15) is 0 Å². The molecule has 1 rings (SSSR count). The Balaban J connectivity index is 2.14. The Morgan fingerprint density at radius 2 is 2.22 bits per heavy atom. The first-order valence-corrected chi connectivity index (χ1v) is 7.18. The maximum atomic E-state index is 11.7. The Morgan fingerprint density at radius 3 is 2.78 bits per heavy atom. The van der Waals surface area contributed by atoms with Gasteiger partial charge in [0.2, 0.25) is 5.91 Å².